The average Bonchev–Trinajstić information content (AvgIpc) is 2.79. The molecule has 0 aliphatic carbocycles. The number of ether oxygens (including phenoxy) is 1. The number of pyridine rings is 1. The number of aromatic nitrogens is 1. The van der Waals surface area contributed by atoms with Crippen LogP contribution in [0.15, 0.2) is 79.1 Å². The lowest BCUT2D eigenvalue weighted by molar-refractivity contribution is -0.142. The maximum atomic E-state index is 12.5. The molecule has 6 nitrogen and oxygen atoms in total. The fourth-order valence-corrected chi connectivity index (χ4v) is 2.86. The second-order valence-electron chi connectivity index (χ2n) is 6.39. The number of nitrogens with one attached hydrogen (secondary N) is 1. The summed E-state index contributed by atoms with van der Waals surface area (Å²) in [5, 5.41) is 2.68. The SMILES string of the molecule is COC(=O)[C@@H](Cc1ccc(C(=O)c2ccccc2)cc1)NC(=O)c1cccnc1. The van der Waals surface area contributed by atoms with Crippen molar-refractivity contribution in [2.75, 3.05) is 7.11 Å². The number of esters is 1. The molecule has 0 spiro atoms. The summed E-state index contributed by atoms with van der Waals surface area (Å²) in [6, 6.07) is 18.4. The van der Waals surface area contributed by atoms with Crippen LogP contribution in [-0.4, -0.2) is 35.8 Å². The standard InChI is InChI=1S/C23H20N2O4/c1-29-23(28)20(25-22(27)19-8-5-13-24-15-19)14-16-9-11-18(12-10-16)21(26)17-6-3-2-4-7-17/h2-13,15,20H,14H2,1H3,(H,25,27)/t20-/m1/s1. The zero-order valence-corrected chi connectivity index (χ0v) is 15.9. The molecule has 3 rings (SSSR count). The van der Waals surface area contributed by atoms with Gasteiger partial charge >= 0.3 is 5.97 Å². The van der Waals surface area contributed by atoms with Crippen LogP contribution < -0.4 is 5.32 Å². The van der Waals surface area contributed by atoms with Crippen molar-refractivity contribution in [1.82, 2.24) is 10.3 Å². The van der Waals surface area contributed by atoms with E-state index in [0.717, 1.165) is 5.56 Å². The highest BCUT2D eigenvalue weighted by atomic mass is 16.5. The van der Waals surface area contributed by atoms with Gasteiger partial charge in [-0.05, 0) is 17.7 Å². The normalized spacial score (nSPS) is 11.3. The van der Waals surface area contributed by atoms with Crippen LogP contribution in [0, 0.1) is 0 Å². The predicted molar refractivity (Wildman–Crippen MR) is 108 cm³/mol. The fraction of sp³-hybridized carbons (Fsp3) is 0.130. The lowest BCUT2D eigenvalue weighted by Crippen LogP contribution is -2.43. The van der Waals surface area contributed by atoms with E-state index in [1.165, 1.54) is 13.3 Å². The van der Waals surface area contributed by atoms with Crippen molar-refractivity contribution in [3.05, 3.63) is 101 Å². The summed E-state index contributed by atoms with van der Waals surface area (Å²) in [5.74, 6) is -1.04. The van der Waals surface area contributed by atoms with Crippen molar-refractivity contribution < 1.29 is 19.1 Å². The molecule has 3 aromatic rings. The minimum Gasteiger partial charge on any atom is -0.467 e. The average molecular weight is 388 g/mol. The Bertz CT molecular complexity index is 986. The maximum Gasteiger partial charge on any atom is 0.328 e. The lowest BCUT2D eigenvalue weighted by atomic mass is 9.99. The number of benzene rings is 2. The molecule has 0 saturated carbocycles. The third-order valence-corrected chi connectivity index (χ3v) is 4.41. The first kappa shape index (κ1) is 19.9. The van der Waals surface area contributed by atoms with Crippen LogP contribution in [0.3, 0.4) is 0 Å². The highest BCUT2D eigenvalue weighted by Crippen LogP contribution is 2.13. The first-order valence-corrected chi connectivity index (χ1v) is 9.06. The zero-order chi connectivity index (χ0) is 20.6. The van der Waals surface area contributed by atoms with Crippen LogP contribution >= 0.6 is 0 Å². The zero-order valence-electron chi connectivity index (χ0n) is 15.9. The number of nitrogens with zero attached hydrogens (tertiary/aromatic N) is 1. The van der Waals surface area contributed by atoms with Gasteiger partial charge in [-0.1, -0.05) is 54.6 Å². The van der Waals surface area contributed by atoms with E-state index in [-0.39, 0.29) is 12.2 Å². The van der Waals surface area contributed by atoms with Gasteiger partial charge in [0, 0.05) is 29.9 Å². The Hall–Kier alpha value is -3.80. The third kappa shape index (κ3) is 5.13. The van der Waals surface area contributed by atoms with E-state index in [9.17, 15) is 14.4 Å². The van der Waals surface area contributed by atoms with E-state index in [1.54, 1.807) is 54.7 Å². The molecule has 1 atom stereocenters. The number of amides is 1. The molecule has 0 fully saturated rings. The summed E-state index contributed by atoms with van der Waals surface area (Å²) in [7, 11) is 1.27. The number of carbonyl (C=O) groups excluding carboxylic acids is 3. The van der Waals surface area contributed by atoms with Crippen molar-refractivity contribution in [3.63, 3.8) is 0 Å². The number of rotatable bonds is 7. The van der Waals surface area contributed by atoms with Crippen LogP contribution in [0.25, 0.3) is 0 Å². The number of carbonyl (C=O) groups is 3. The second-order valence-corrected chi connectivity index (χ2v) is 6.39. The van der Waals surface area contributed by atoms with Gasteiger partial charge < -0.3 is 10.1 Å². The number of hydrogen-bond acceptors (Lipinski definition) is 5. The number of methoxy groups -OCH3 is 1. The molecule has 0 aliphatic heterocycles. The number of hydrogen-bond donors (Lipinski definition) is 1. The molecule has 0 unspecified atom stereocenters. The Morgan fingerprint density at radius 1 is 0.897 bits per heavy atom. The highest BCUT2D eigenvalue weighted by molar-refractivity contribution is 6.08. The van der Waals surface area contributed by atoms with E-state index in [0.29, 0.717) is 16.7 Å². The molecule has 6 heteroatoms. The Morgan fingerprint density at radius 2 is 1.55 bits per heavy atom. The maximum absolute atomic E-state index is 12.5. The fourth-order valence-electron chi connectivity index (χ4n) is 2.86. The van der Waals surface area contributed by atoms with Crippen molar-refractivity contribution in [3.8, 4) is 0 Å². The van der Waals surface area contributed by atoms with Crippen molar-refractivity contribution in [2.45, 2.75) is 12.5 Å². The molecule has 1 heterocycles. The molecule has 1 aromatic heterocycles. The van der Waals surface area contributed by atoms with Gasteiger partial charge in [-0.3, -0.25) is 14.6 Å². The van der Waals surface area contributed by atoms with Crippen molar-refractivity contribution >= 4 is 17.7 Å². The lowest BCUT2D eigenvalue weighted by Gasteiger charge is -2.17. The molecule has 0 saturated heterocycles. The molecular weight excluding hydrogens is 368 g/mol. The summed E-state index contributed by atoms with van der Waals surface area (Å²) < 4.78 is 4.82. The van der Waals surface area contributed by atoms with E-state index < -0.39 is 17.9 Å². The van der Waals surface area contributed by atoms with Gasteiger partial charge in [0.2, 0.25) is 0 Å². The van der Waals surface area contributed by atoms with Crippen LogP contribution in [0.5, 0.6) is 0 Å². The quantitative estimate of drug-likeness (QED) is 0.497. The minimum absolute atomic E-state index is 0.0773. The van der Waals surface area contributed by atoms with Crippen LogP contribution in [0.4, 0.5) is 0 Å². The van der Waals surface area contributed by atoms with E-state index >= 15 is 0 Å². The molecule has 29 heavy (non-hydrogen) atoms. The second kappa shape index (κ2) is 9.41. The first-order chi connectivity index (χ1) is 14.1. The summed E-state index contributed by atoms with van der Waals surface area (Å²) in [5.41, 5.74) is 2.30. The summed E-state index contributed by atoms with van der Waals surface area (Å²) >= 11 is 0. The Labute approximate surface area is 168 Å². The van der Waals surface area contributed by atoms with Gasteiger partial charge in [0.1, 0.15) is 6.04 Å². The molecule has 146 valence electrons. The molecule has 1 amide bonds. The van der Waals surface area contributed by atoms with Crippen LogP contribution in [0.1, 0.15) is 31.8 Å². The van der Waals surface area contributed by atoms with Gasteiger partial charge in [0.15, 0.2) is 5.78 Å². The summed E-state index contributed by atoms with van der Waals surface area (Å²) in [4.78, 5) is 40.9. The highest BCUT2D eigenvalue weighted by Gasteiger charge is 2.23. The van der Waals surface area contributed by atoms with Gasteiger partial charge in [0.05, 0.1) is 12.7 Å². The molecule has 2 aromatic carbocycles. The molecule has 0 bridgehead atoms. The van der Waals surface area contributed by atoms with E-state index in [2.05, 4.69) is 10.3 Å². The molecule has 1 N–H and O–H groups in total. The largest absolute Gasteiger partial charge is 0.467 e. The van der Waals surface area contributed by atoms with Gasteiger partial charge in [-0.2, -0.15) is 0 Å². The van der Waals surface area contributed by atoms with Gasteiger partial charge in [-0.25, -0.2) is 4.79 Å². The van der Waals surface area contributed by atoms with Crippen molar-refractivity contribution in [2.24, 2.45) is 0 Å². The minimum atomic E-state index is -0.858. The predicted octanol–water partition coefficient (Wildman–Crippen LogP) is 2.83. The molecular formula is C23H20N2O4. The summed E-state index contributed by atoms with van der Waals surface area (Å²) in [6.07, 6.45) is 3.22. The van der Waals surface area contributed by atoms with Gasteiger partial charge in [-0.15, -0.1) is 0 Å². The van der Waals surface area contributed by atoms with Gasteiger partial charge in [0.25, 0.3) is 5.91 Å². The van der Waals surface area contributed by atoms with Crippen LogP contribution in [0.2, 0.25) is 0 Å². The smallest absolute Gasteiger partial charge is 0.328 e. The summed E-state index contributed by atoms with van der Waals surface area (Å²) in [6.45, 7) is 0. The topological polar surface area (TPSA) is 85.4 Å². The van der Waals surface area contributed by atoms with Crippen LogP contribution in [-0.2, 0) is 16.0 Å². The number of ketones is 1. The Kier molecular flexibility index (Phi) is 6.47. The van der Waals surface area contributed by atoms with E-state index in [1.807, 2.05) is 18.2 Å². The Balaban J connectivity index is 1.72. The van der Waals surface area contributed by atoms with E-state index in [4.69, 9.17) is 4.74 Å². The van der Waals surface area contributed by atoms with Crippen molar-refractivity contribution in [1.29, 1.82) is 0 Å². The third-order valence-electron chi connectivity index (χ3n) is 4.41. The Morgan fingerprint density at radius 3 is 2.17 bits per heavy atom. The molecule has 0 radical (unpaired) electrons. The first-order valence-electron chi connectivity index (χ1n) is 9.06. The monoisotopic (exact) mass is 388 g/mol. The molecule has 0 aliphatic rings.